The summed E-state index contributed by atoms with van der Waals surface area (Å²) in [6.07, 6.45) is 2.15. The maximum atomic E-state index is 11.1. The van der Waals surface area contributed by atoms with Crippen LogP contribution in [-0.2, 0) is 9.09 Å². The predicted octanol–water partition coefficient (Wildman–Crippen LogP) is 3.25. The monoisotopic (exact) mass is 184 g/mol. The molecule has 0 aliphatic carbocycles. The van der Waals surface area contributed by atoms with Crippen LogP contribution >= 0.6 is 18.0 Å². The highest BCUT2D eigenvalue weighted by Gasteiger charge is 2.16. The van der Waals surface area contributed by atoms with E-state index in [2.05, 4.69) is 0 Å². The predicted molar refractivity (Wildman–Crippen MR) is 44.9 cm³/mol. The zero-order valence-corrected chi connectivity index (χ0v) is 8.12. The number of hydrogen-bond acceptors (Lipinski definition) is 2. The lowest BCUT2D eigenvalue weighted by Crippen LogP contribution is -1.90. The van der Waals surface area contributed by atoms with Gasteiger partial charge < -0.3 is 4.52 Å². The van der Waals surface area contributed by atoms with Gasteiger partial charge in [0.2, 0.25) is 0 Å². The summed E-state index contributed by atoms with van der Waals surface area (Å²) < 4.78 is 16.1. The molecule has 0 rings (SSSR count). The number of hydrogen-bond donors (Lipinski definition) is 0. The molecule has 0 saturated heterocycles. The van der Waals surface area contributed by atoms with Crippen molar-refractivity contribution in [3.05, 3.63) is 0 Å². The number of rotatable bonds is 5. The average Bonchev–Trinajstić information content (AvgIpc) is 1.84. The van der Waals surface area contributed by atoms with Gasteiger partial charge in [0.15, 0.2) is 0 Å². The molecule has 0 aromatic heterocycles. The van der Waals surface area contributed by atoms with E-state index in [1.807, 2.05) is 13.8 Å². The Labute approximate surface area is 67.1 Å². The Morgan fingerprint density at radius 2 is 2.00 bits per heavy atom. The highest BCUT2D eigenvalue weighted by Crippen LogP contribution is 2.52. The van der Waals surface area contributed by atoms with E-state index in [0.717, 1.165) is 12.8 Å². The lowest BCUT2D eigenvalue weighted by atomic mass is 10.5. The molecule has 62 valence electrons. The normalized spacial score (nSPS) is 16.7. The van der Waals surface area contributed by atoms with Gasteiger partial charge in [0.1, 0.15) is 0 Å². The standard InChI is InChI=1S/C6H14ClO2P/c1-3-5-9-10(7,8)6-4-2/h3-6H2,1-2H3. The minimum atomic E-state index is -2.74. The summed E-state index contributed by atoms with van der Waals surface area (Å²) in [5, 5.41) is 0. The average molecular weight is 185 g/mol. The molecule has 0 aliphatic rings. The maximum Gasteiger partial charge on any atom is 0.290 e. The first-order valence-electron chi connectivity index (χ1n) is 3.55. The molecule has 0 fully saturated rings. The Balaban J connectivity index is 3.53. The van der Waals surface area contributed by atoms with Crippen molar-refractivity contribution in [1.29, 1.82) is 0 Å². The van der Waals surface area contributed by atoms with Crippen LogP contribution in [0.4, 0.5) is 0 Å². The SMILES string of the molecule is CCCOP(=O)(Cl)CCC. The fourth-order valence-corrected chi connectivity index (χ4v) is 2.39. The van der Waals surface area contributed by atoms with Crippen LogP contribution in [0.3, 0.4) is 0 Å². The first kappa shape index (κ1) is 10.5. The van der Waals surface area contributed by atoms with Crippen molar-refractivity contribution in [3.8, 4) is 0 Å². The first-order chi connectivity index (χ1) is 4.62. The molecular weight excluding hydrogens is 170 g/mol. The Hall–Kier alpha value is 0.480. The van der Waals surface area contributed by atoms with Gasteiger partial charge in [-0.2, -0.15) is 0 Å². The quantitative estimate of drug-likeness (QED) is 0.613. The van der Waals surface area contributed by atoms with Gasteiger partial charge in [-0.05, 0) is 24.1 Å². The van der Waals surface area contributed by atoms with Crippen LogP contribution in [0, 0.1) is 0 Å². The summed E-state index contributed by atoms with van der Waals surface area (Å²) >= 11 is 5.55. The number of halogens is 1. The van der Waals surface area contributed by atoms with Gasteiger partial charge in [-0.15, -0.1) is 0 Å². The highest BCUT2D eigenvalue weighted by molar-refractivity contribution is 7.85. The molecule has 0 amide bonds. The van der Waals surface area contributed by atoms with E-state index in [-0.39, 0.29) is 0 Å². The fourth-order valence-electron chi connectivity index (χ4n) is 0.559. The lowest BCUT2D eigenvalue weighted by molar-refractivity contribution is 0.323. The van der Waals surface area contributed by atoms with Gasteiger partial charge in [-0.3, -0.25) is 4.57 Å². The van der Waals surface area contributed by atoms with Crippen LogP contribution in [0.2, 0.25) is 0 Å². The van der Waals surface area contributed by atoms with Gasteiger partial charge in [0.25, 0.3) is 6.72 Å². The van der Waals surface area contributed by atoms with Crippen molar-refractivity contribution in [1.82, 2.24) is 0 Å². The molecule has 4 heteroatoms. The minimum Gasteiger partial charge on any atom is -0.318 e. The summed E-state index contributed by atoms with van der Waals surface area (Å²) in [4.78, 5) is 0. The zero-order valence-electron chi connectivity index (χ0n) is 6.47. The van der Waals surface area contributed by atoms with Crippen molar-refractivity contribution < 1.29 is 9.09 Å². The Morgan fingerprint density at radius 1 is 1.40 bits per heavy atom. The Morgan fingerprint density at radius 3 is 2.40 bits per heavy atom. The Bertz CT molecular complexity index is 127. The van der Waals surface area contributed by atoms with Crippen LogP contribution in [0.1, 0.15) is 26.7 Å². The third-order valence-electron chi connectivity index (χ3n) is 0.979. The topological polar surface area (TPSA) is 26.3 Å². The van der Waals surface area contributed by atoms with Crippen LogP contribution in [-0.4, -0.2) is 12.8 Å². The summed E-state index contributed by atoms with van der Waals surface area (Å²) in [5.74, 6) is 0. The zero-order chi connectivity index (χ0) is 8.04. The summed E-state index contributed by atoms with van der Waals surface area (Å²) in [6.45, 7) is 1.66. The molecule has 0 aliphatic heterocycles. The first-order valence-corrected chi connectivity index (χ1v) is 6.27. The molecule has 1 unspecified atom stereocenters. The summed E-state index contributed by atoms with van der Waals surface area (Å²) in [6, 6.07) is 0. The minimum absolute atomic E-state index is 0.481. The Kier molecular flexibility index (Phi) is 5.42. The molecule has 0 aromatic carbocycles. The second-order valence-electron chi connectivity index (χ2n) is 2.15. The van der Waals surface area contributed by atoms with Crippen LogP contribution in [0.25, 0.3) is 0 Å². The van der Waals surface area contributed by atoms with E-state index in [0.29, 0.717) is 12.8 Å². The molecule has 2 nitrogen and oxygen atoms in total. The van der Waals surface area contributed by atoms with Gasteiger partial charge in [-0.1, -0.05) is 13.8 Å². The molecule has 0 heterocycles. The molecule has 1 atom stereocenters. The van der Waals surface area contributed by atoms with Crippen molar-refractivity contribution in [2.45, 2.75) is 26.7 Å². The smallest absolute Gasteiger partial charge is 0.290 e. The third kappa shape index (κ3) is 5.28. The van der Waals surface area contributed by atoms with Crippen molar-refractivity contribution in [2.24, 2.45) is 0 Å². The van der Waals surface area contributed by atoms with Crippen LogP contribution in [0.5, 0.6) is 0 Å². The second-order valence-corrected chi connectivity index (χ2v) is 5.58. The highest BCUT2D eigenvalue weighted by atomic mass is 35.7. The second kappa shape index (κ2) is 5.17. The van der Waals surface area contributed by atoms with E-state index in [1.54, 1.807) is 0 Å². The van der Waals surface area contributed by atoms with Gasteiger partial charge >= 0.3 is 0 Å². The van der Waals surface area contributed by atoms with Crippen LogP contribution in [0.15, 0.2) is 0 Å². The van der Waals surface area contributed by atoms with Gasteiger partial charge in [-0.25, -0.2) is 0 Å². The molecule has 0 radical (unpaired) electrons. The van der Waals surface area contributed by atoms with E-state index in [1.165, 1.54) is 0 Å². The van der Waals surface area contributed by atoms with E-state index in [9.17, 15) is 4.57 Å². The molecule has 0 saturated carbocycles. The molecule has 10 heavy (non-hydrogen) atoms. The largest absolute Gasteiger partial charge is 0.318 e. The lowest BCUT2D eigenvalue weighted by Gasteiger charge is -2.08. The third-order valence-corrected chi connectivity index (χ3v) is 3.33. The van der Waals surface area contributed by atoms with E-state index in [4.69, 9.17) is 15.8 Å². The maximum absolute atomic E-state index is 11.1. The van der Waals surface area contributed by atoms with Gasteiger partial charge in [0, 0.05) is 6.16 Å². The molecule has 0 aromatic rings. The molecule has 0 spiro atoms. The van der Waals surface area contributed by atoms with E-state index >= 15 is 0 Å². The molecular formula is C6H14ClO2P. The summed E-state index contributed by atoms with van der Waals surface area (Å²) in [5.41, 5.74) is 0. The molecule has 0 N–H and O–H groups in total. The van der Waals surface area contributed by atoms with Crippen molar-refractivity contribution >= 4 is 18.0 Å². The van der Waals surface area contributed by atoms with Gasteiger partial charge in [0.05, 0.1) is 6.61 Å². The van der Waals surface area contributed by atoms with Crippen molar-refractivity contribution in [2.75, 3.05) is 12.8 Å². The van der Waals surface area contributed by atoms with Crippen molar-refractivity contribution in [3.63, 3.8) is 0 Å². The van der Waals surface area contributed by atoms with Crippen LogP contribution < -0.4 is 0 Å². The molecule has 0 bridgehead atoms. The van der Waals surface area contributed by atoms with E-state index < -0.39 is 6.72 Å². The summed E-state index contributed by atoms with van der Waals surface area (Å²) in [7, 11) is 0. The fraction of sp³-hybridized carbons (Fsp3) is 1.00.